The van der Waals surface area contributed by atoms with E-state index in [1.807, 2.05) is 17.9 Å². The zero-order chi connectivity index (χ0) is 16.5. The van der Waals surface area contributed by atoms with E-state index in [1.165, 1.54) is 18.4 Å². The molecule has 1 saturated carbocycles. The Bertz CT molecular complexity index is 581. The first-order valence-electron chi connectivity index (χ1n) is 9.31. The van der Waals surface area contributed by atoms with Crippen LogP contribution < -0.4 is 5.32 Å². The second kappa shape index (κ2) is 6.84. The third-order valence-electron chi connectivity index (χ3n) is 5.87. The lowest BCUT2D eigenvalue weighted by atomic mass is 9.82. The molecular formula is C18H28N4O2. The van der Waals surface area contributed by atoms with E-state index in [-0.39, 0.29) is 17.9 Å². The number of piperidine rings is 1. The molecule has 0 radical (unpaired) electrons. The molecule has 0 bridgehead atoms. The van der Waals surface area contributed by atoms with Gasteiger partial charge in [-0.25, -0.2) is 0 Å². The zero-order valence-corrected chi connectivity index (χ0v) is 14.5. The molecule has 1 N–H and O–H groups in total. The lowest BCUT2D eigenvalue weighted by Crippen LogP contribution is -2.53. The van der Waals surface area contributed by atoms with Crippen LogP contribution in [0.25, 0.3) is 0 Å². The predicted molar refractivity (Wildman–Crippen MR) is 90.2 cm³/mol. The number of nitrogens with one attached hydrogen (secondary N) is 1. The molecule has 3 fully saturated rings. The Morgan fingerprint density at radius 1 is 1.33 bits per heavy atom. The predicted octanol–water partition coefficient (Wildman–Crippen LogP) is 1.32. The van der Waals surface area contributed by atoms with Crippen molar-refractivity contribution >= 4 is 5.91 Å². The quantitative estimate of drug-likeness (QED) is 0.903. The summed E-state index contributed by atoms with van der Waals surface area (Å²) >= 11 is 0. The molecule has 1 amide bonds. The van der Waals surface area contributed by atoms with Crippen molar-refractivity contribution in [3.8, 4) is 0 Å². The summed E-state index contributed by atoms with van der Waals surface area (Å²) < 4.78 is 7.77. The van der Waals surface area contributed by atoms with Crippen LogP contribution in [0.5, 0.6) is 0 Å². The molecule has 2 aliphatic heterocycles. The van der Waals surface area contributed by atoms with Gasteiger partial charge in [0.25, 0.3) is 0 Å². The zero-order valence-electron chi connectivity index (χ0n) is 14.5. The van der Waals surface area contributed by atoms with Crippen LogP contribution in [0.2, 0.25) is 0 Å². The highest BCUT2D eigenvalue weighted by atomic mass is 16.5. The van der Waals surface area contributed by atoms with E-state index >= 15 is 0 Å². The van der Waals surface area contributed by atoms with Crippen molar-refractivity contribution in [2.24, 2.45) is 18.9 Å². The summed E-state index contributed by atoms with van der Waals surface area (Å²) in [6.45, 7) is 3.39. The highest BCUT2D eigenvalue weighted by molar-refractivity contribution is 5.79. The molecule has 24 heavy (non-hydrogen) atoms. The second-order valence-corrected chi connectivity index (χ2v) is 7.67. The van der Waals surface area contributed by atoms with Crippen molar-refractivity contribution in [2.75, 3.05) is 19.7 Å². The van der Waals surface area contributed by atoms with Gasteiger partial charge in [-0.1, -0.05) is 12.8 Å². The van der Waals surface area contributed by atoms with Gasteiger partial charge < -0.3 is 10.1 Å². The lowest BCUT2D eigenvalue weighted by Gasteiger charge is -2.39. The number of hydrogen-bond acceptors (Lipinski definition) is 4. The smallest absolute Gasteiger partial charge is 0.225 e. The fourth-order valence-electron chi connectivity index (χ4n) is 4.65. The first kappa shape index (κ1) is 16.1. The SMILES string of the molecule is Cn1cc(CN2C[C@H]3OCC[C@H]3[C@H](C(=O)NC3CCCC3)C2)cn1. The minimum absolute atomic E-state index is 0.0588. The Hall–Kier alpha value is -1.40. The summed E-state index contributed by atoms with van der Waals surface area (Å²) in [6, 6.07) is 0.395. The number of hydrogen-bond donors (Lipinski definition) is 1. The first-order valence-corrected chi connectivity index (χ1v) is 9.31. The number of aryl methyl sites for hydroxylation is 1. The maximum Gasteiger partial charge on any atom is 0.225 e. The highest BCUT2D eigenvalue weighted by Gasteiger charge is 2.44. The number of likely N-dealkylation sites (tertiary alicyclic amines) is 1. The number of carbonyl (C=O) groups excluding carboxylic acids is 1. The van der Waals surface area contributed by atoms with Crippen molar-refractivity contribution in [3.05, 3.63) is 18.0 Å². The Morgan fingerprint density at radius 3 is 2.92 bits per heavy atom. The lowest BCUT2D eigenvalue weighted by molar-refractivity contribution is -0.132. The van der Waals surface area contributed by atoms with Crippen molar-refractivity contribution in [1.29, 1.82) is 0 Å². The highest BCUT2D eigenvalue weighted by Crippen LogP contribution is 2.34. The molecule has 6 heteroatoms. The summed E-state index contributed by atoms with van der Waals surface area (Å²) in [5.74, 6) is 0.693. The number of carbonyl (C=O) groups is 1. The molecule has 3 aliphatic rings. The van der Waals surface area contributed by atoms with Crippen LogP contribution >= 0.6 is 0 Å². The molecule has 4 rings (SSSR count). The first-order chi connectivity index (χ1) is 11.7. The summed E-state index contributed by atoms with van der Waals surface area (Å²) in [4.78, 5) is 15.3. The minimum atomic E-state index is 0.0588. The topological polar surface area (TPSA) is 59.4 Å². The standard InChI is InChI=1S/C18H28N4O2/c1-21-9-13(8-19-21)10-22-11-16(15-6-7-24-17(15)12-22)18(23)20-14-4-2-3-5-14/h8-9,14-17H,2-7,10-12H2,1H3,(H,20,23)/t15-,16+,17+/m0/s1. The average Bonchev–Trinajstić information content (AvgIpc) is 3.28. The van der Waals surface area contributed by atoms with Crippen LogP contribution in [0, 0.1) is 11.8 Å². The molecule has 132 valence electrons. The van der Waals surface area contributed by atoms with Crippen LogP contribution in [0.15, 0.2) is 12.4 Å². The van der Waals surface area contributed by atoms with Crippen molar-refractivity contribution < 1.29 is 9.53 Å². The van der Waals surface area contributed by atoms with Gasteiger partial charge in [0.2, 0.25) is 5.91 Å². The normalized spacial score (nSPS) is 31.3. The molecule has 6 nitrogen and oxygen atoms in total. The van der Waals surface area contributed by atoms with Gasteiger partial charge in [0.1, 0.15) is 0 Å². The fraction of sp³-hybridized carbons (Fsp3) is 0.778. The van der Waals surface area contributed by atoms with Crippen LogP contribution in [0.4, 0.5) is 0 Å². The van der Waals surface area contributed by atoms with Gasteiger partial charge in [-0.15, -0.1) is 0 Å². The molecule has 2 saturated heterocycles. The number of amides is 1. The second-order valence-electron chi connectivity index (χ2n) is 7.67. The fourth-order valence-corrected chi connectivity index (χ4v) is 4.65. The molecule has 3 atom stereocenters. The number of nitrogens with zero attached hydrogens (tertiary/aromatic N) is 3. The summed E-state index contributed by atoms with van der Waals surface area (Å²) in [5.41, 5.74) is 1.20. The van der Waals surface area contributed by atoms with Gasteiger partial charge in [-0.2, -0.15) is 5.10 Å². The molecule has 1 aromatic rings. The number of rotatable bonds is 4. The van der Waals surface area contributed by atoms with E-state index < -0.39 is 0 Å². The van der Waals surface area contributed by atoms with Crippen LogP contribution in [0.3, 0.4) is 0 Å². The van der Waals surface area contributed by atoms with E-state index in [0.717, 1.165) is 45.5 Å². The monoisotopic (exact) mass is 332 g/mol. The Balaban J connectivity index is 1.43. The van der Waals surface area contributed by atoms with Gasteiger partial charge in [0.15, 0.2) is 0 Å². The van der Waals surface area contributed by atoms with Gasteiger partial charge in [-0.05, 0) is 19.3 Å². The van der Waals surface area contributed by atoms with E-state index in [1.54, 1.807) is 0 Å². The molecule has 1 aromatic heterocycles. The third kappa shape index (κ3) is 3.35. The molecular weight excluding hydrogens is 304 g/mol. The molecule has 0 spiro atoms. The van der Waals surface area contributed by atoms with Crippen LogP contribution in [-0.4, -0.2) is 52.4 Å². The summed E-state index contributed by atoms with van der Waals surface area (Å²) in [6.07, 6.45) is 9.97. The molecule has 0 unspecified atom stereocenters. The Kier molecular flexibility index (Phi) is 4.59. The van der Waals surface area contributed by atoms with Gasteiger partial charge in [0, 0.05) is 57.0 Å². The summed E-state index contributed by atoms with van der Waals surface area (Å²) in [5, 5.41) is 7.56. The van der Waals surface area contributed by atoms with Gasteiger partial charge >= 0.3 is 0 Å². The Morgan fingerprint density at radius 2 is 2.17 bits per heavy atom. The van der Waals surface area contributed by atoms with E-state index in [4.69, 9.17) is 4.74 Å². The van der Waals surface area contributed by atoms with Crippen molar-refractivity contribution in [3.63, 3.8) is 0 Å². The minimum Gasteiger partial charge on any atom is -0.377 e. The number of fused-ring (bicyclic) bond motifs is 1. The van der Waals surface area contributed by atoms with E-state index in [9.17, 15) is 4.79 Å². The average molecular weight is 332 g/mol. The third-order valence-corrected chi connectivity index (χ3v) is 5.87. The maximum absolute atomic E-state index is 12.9. The molecule has 0 aromatic carbocycles. The van der Waals surface area contributed by atoms with Gasteiger partial charge in [-0.3, -0.25) is 14.4 Å². The molecule has 3 heterocycles. The van der Waals surface area contributed by atoms with Gasteiger partial charge in [0.05, 0.1) is 18.2 Å². The molecule has 1 aliphatic carbocycles. The largest absolute Gasteiger partial charge is 0.377 e. The van der Waals surface area contributed by atoms with E-state index in [2.05, 4.69) is 21.5 Å². The number of aromatic nitrogens is 2. The van der Waals surface area contributed by atoms with Crippen LogP contribution in [0.1, 0.15) is 37.7 Å². The summed E-state index contributed by atoms with van der Waals surface area (Å²) in [7, 11) is 1.94. The number of ether oxygens (including phenoxy) is 1. The Labute approximate surface area is 143 Å². The van der Waals surface area contributed by atoms with E-state index in [0.29, 0.717) is 12.0 Å². The van der Waals surface area contributed by atoms with Crippen molar-refractivity contribution in [1.82, 2.24) is 20.0 Å². The van der Waals surface area contributed by atoms with Crippen LogP contribution in [-0.2, 0) is 23.1 Å². The van der Waals surface area contributed by atoms with Crippen molar-refractivity contribution in [2.45, 2.75) is 50.8 Å². The maximum atomic E-state index is 12.9.